The van der Waals surface area contributed by atoms with E-state index in [2.05, 4.69) is 6.58 Å². The first-order valence-electron chi connectivity index (χ1n) is 5.23. The molecular formula is C12H22O3. The van der Waals surface area contributed by atoms with Crippen LogP contribution in [0.5, 0.6) is 0 Å². The third kappa shape index (κ3) is 9.47. The van der Waals surface area contributed by atoms with Gasteiger partial charge in [0.25, 0.3) is 0 Å². The molecule has 0 fully saturated rings. The largest absolute Gasteiger partial charge is 0.460 e. The van der Waals surface area contributed by atoms with Crippen LogP contribution >= 0.6 is 0 Å². The summed E-state index contributed by atoms with van der Waals surface area (Å²) in [4.78, 5) is 11.4. The van der Waals surface area contributed by atoms with Crippen molar-refractivity contribution in [1.29, 1.82) is 0 Å². The molecule has 0 rings (SSSR count). The second-order valence-electron chi connectivity index (χ2n) is 4.86. The quantitative estimate of drug-likeness (QED) is 0.387. The number of rotatable bonds is 6. The van der Waals surface area contributed by atoms with Gasteiger partial charge in [-0.15, -0.1) is 6.58 Å². The Labute approximate surface area is 92.5 Å². The summed E-state index contributed by atoms with van der Waals surface area (Å²) in [5.74, 6) is -0.169. The molecule has 1 unspecified atom stereocenters. The van der Waals surface area contributed by atoms with Crippen LogP contribution < -0.4 is 0 Å². The van der Waals surface area contributed by atoms with Gasteiger partial charge in [-0.1, -0.05) is 26.8 Å². The van der Waals surface area contributed by atoms with Crippen LogP contribution in [0.2, 0.25) is 0 Å². The van der Waals surface area contributed by atoms with Crippen molar-refractivity contribution >= 4 is 5.97 Å². The molecule has 88 valence electrons. The molecule has 0 saturated carbocycles. The van der Waals surface area contributed by atoms with Gasteiger partial charge in [0.2, 0.25) is 0 Å². The van der Waals surface area contributed by atoms with E-state index in [1.807, 2.05) is 27.7 Å². The smallest absolute Gasteiger partial charge is 0.306 e. The van der Waals surface area contributed by atoms with E-state index in [0.29, 0.717) is 19.6 Å². The van der Waals surface area contributed by atoms with Crippen molar-refractivity contribution in [1.82, 2.24) is 0 Å². The van der Waals surface area contributed by atoms with E-state index in [-0.39, 0.29) is 17.5 Å². The van der Waals surface area contributed by atoms with E-state index >= 15 is 0 Å². The molecule has 1 atom stereocenters. The van der Waals surface area contributed by atoms with Crippen LogP contribution in [0.3, 0.4) is 0 Å². The third-order valence-corrected chi connectivity index (χ3v) is 1.60. The van der Waals surface area contributed by atoms with Gasteiger partial charge < -0.3 is 9.47 Å². The van der Waals surface area contributed by atoms with Gasteiger partial charge in [-0.25, -0.2) is 0 Å². The van der Waals surface area contributed by atoms with Gasteiger partial charge in [0.1, 0.15) is 6.10 Å². The highest BCUT2D eigenvalue weighted by Gasteiger charge is 2.18. The number of carbonyl (C=O) groups excluding carboxylic acids is 1. The molecule has 0 amide bonds. The summed E-state index contributed by atoms with van der Waals surface area (Å²) < 4.78 is 10.4. The Kier molecular flexibility index (Phi) is 6.25. The van der Waals surface area contributed by atoms with E-state index in [1.54, 1.807) is 6.08 Å². The molecule has 0 bridgehead atoms. The number of carbonyl (C=O) groups is 1. The molecule has 3 nitrogen and oxygen atoms in total. The van der Waals surface area contributed by atoms with Crippen LogP contribution in [-0.4, -0.2) is 25.3 Å². The lowest BCUT2D eigenvalue weighted by molar-refractivity contribution is -0.152. The van der Waals surface area contributed by atoms with Crippen molar-refractivity contribution in [2.75, 3.05) is 13.2 Å². The zero-order chi connectivity index (χ0) is 11.9. The fraction of sp³-hybridized carbons (Fsp3) is 0.750. The van der Waals surface area contributed by atoms with Crippen LogP contribution in [0.1, 0.15) is 34.1 Å². The van der Waals surface area contributed by atoms with Crippen molar-refractivity contribution in [2.45, 2.75) is 40.2 Å². The second-order valence-corrected chi connectivity index (χ2v) is 4.86. The highest BCUT2D eigenvalue weighted by atomic mass is 16.6. The molecule has 0 aromatic rings. The number of ether oxygens (including phenoxy) is 2. The fourth-order valence-electron chi connectivity index (χ4n) is 1.05. The lowest BCUT2D eigenvalue weighted by Crippen LogP contribution is -2.23. The molecule has 0 aliphatic heterocycles. The standard InChI is InChI=1S/C12H22O3/c1-6-7-14-9-10(2)15-11(13)8-12(3,4)5/h6,10H,1,7-9H2,2-5H3. The van der Waals surface area contributed by atoms with E-state index in [1.165, 1.54) is 0 Å². The zero-order valence-electron chi connectivity index (χ0n) is 10.2. The summed E-state index contributed by atoms with van der Waals surface area (Å²) in [6.45, 7) is 12.3. The molecule has 0 aromatic carbocycles. The Morgan fingerprint density at radius 2 is 2.07 bits per heavy atom. The van der Waals surface area contributed by atoms with Gasteiger partial charge in [-0.2, -0.15) is 0 Å². The highest BCUT2D eigenvalue weighted by molar-refractivity contribution is 5.70. The molecule has 0 aromatic heterocycles. The summed E-state index contributed by atoms with van der Waals surface area (Å²) in [7, 11) is 0. The number of hydrogen-bond donors (Lipinski definition) is 0. The van der Waals surface area contributed by atoms with E-state index in [9.17, 15) is 4.79 Å². The minimum absolute atomic E-state index is 0.0290. The van der Waals surface area contributed by atoms with Gasteiger partial charge in [0, 0.05) is 0 Å². The van der Waals surface area contributed by atoms with Crippen molar-refractivity contribution in [3.8, 4) is 0 Å². The monoisotopic (exact) mass is 214 g/mol. The molecule has 0 spiro atoms. The van der Waals surface area contributed by atoms with Gasteiger partial charge >= 0.3 is 5.97 Å². The summed E-state index contributed by atoms with van der Waals surface area (Å²) in [5, 5.41) is 0. The Balaban J connectivity index is 3.71. The minimum Gasteiger partial charge on any atom is -0.460 e. The highest BCUT2D eigenvalue weighted by Crippen LogP contribution is 2.19. The molecule has 0 radical (unpaired) electrons. The molecule has 0 N–H and O–H groups in total. The predicted octanol–water partition coefficient (Wildman–Crippen LogP) is 2.56. The molecular weight excluding hydrogens is 192 g/mol. The predicted molar refractivity (Wildman–Crippen MR) is 60.6 cm³/mol. The van der Waals surface area contributed by atoms with Crippen molar-refractivity contribution < 1.29 is 14.3 Å². The van der Waals surface area contributed by atoms with Crippen LogP contribution in [0, 0.1) is 5.41 Å². The first-order valence-corrected chi connectivity index (χ1v) is 5.23. The van der Waals surface area contributed by atoms with E-state index in [0.717, 1.165) is 0 Å². The molecule has 0 heterocycles. The normalized spacial score (nSPS) is 13.3. The third-order valence-electron chi connectivity index (χ3n) is 1.60. The minimum atomic E-state index is -0.195. The van der Waals surface area contributed by atoms with Gasteiger partial charge in [0.15, 0.2) is 0 Å². The van der Waals surface area contributed by atoms with Crippen molar-refractivity contribution in [3.63, 3.8) is 0 Å². The lowest BCUT2D eigenvalue weighted by atomic mass is 9.92. The zero-order valence-corrected chi connectivity index (χ0v) is 10.2. The fourth-order valence-corrected chi connectivity index (χ4v) is 1.05. The molecule has 0 saturated heterocycles. The van der Waals surface area contributed by atoms with Gasteiger partial charge in [-0.3, -0.25) is 4.79 Å². The number of hydrogen-bond acceptors (Lipinski definition) is 3. The lowest BCUT2D eigenvalue weighted by Gasteiger charge is -2.19. The maximum absolute atomic E-state index is 11.4. The summed E-state index contributed by atoms with van der Waals surface area (Å²) in [6.07, 6.45) is 1.91. The Morgan fingerprint density at radius 3 is 2.53 bits per heavy atom. The van der Waals surface area contributed by atoms with Gasteiger partial charge in [-0.05, 0) is 12.3 Å². The summed E-state index contributed by atoms with van der Waals surface area (Å²) in [5.41, 5.74) is -0.0290. The average molecular weight is 214 g/mol. The first kappa shape index (κ1) is 14.2. The SMILES string of the molecule is C=CCOCC(C)OC(=O)CC(C)(C)C. The Morgan fingerprint density at radius 1 is 1.47 bits per heavy atom. The Bertz CT molecular complexity index is 203. The van der Waals surface area contributed by atoms with Crippen LogP contribution in [0.15, 0.2) is 12.7 Å². The average Bonchev–Trinajstić information content (AvgIpc) is 2.00. The summed E-state index contributed by atoms with van der Waals surface area (Å²) >= 11 is 0. The molecule has 0 aliphatic rings. The second kappa shape index (κ2) is 6.62. The summed E-state index contributed by atoms with van der Waals surface area (Å²) in [6, 6.07) is 0. The van der Waals surface area contributed by atoms with Crippen LogP contribution in [0.25, 0.3) is 0 Å². The van der Waals surface area contributed by atoms with Gasteiger partial charge in [0.05, 0.1) is 19.6 Å². The van der Waals surface area contributed by atoms with Crippen molar-refractivity contribution in [3.05, 3.63) is 12.7 Å². The van der Waals surface area contributed by atoms with Crippen LogP contribution in [0.4, 0.5) is 0 Å². The van der Waals surface area contributed by atoms with Crippen molar-refractivity contribution in [2.24, 2.45) is 5.41 Å². The van der Waals surface area contributed by atoms with Crippen LogP contribution in [-0.2, 0) is 14.3 Å². The molecule has 0 aliphatic carbocycles. The molecule has 3 heteroatoms. The van der Waals surface area contributed by atoms with E-state index in [4.69, 9.17) is 9.47 Å². The first-order chi connectivity index (χ1) is 6.85. The van der Waals surface area contributed by atoms with E-state index < -0.39 is 0 Å². The Hall–Kier alpha value is -0.830. The maximum atomic E-state index is 11.4. The topological polar surface area (TPSA) is 35.5 Å². The number of esters is 1. The molecule has 15 heavy (non-hydrogen) atoms. The maximum Gasteiger partial charge on any atom is 0.306 e.